The van der Waals surface area contributed by atoms with Crippen LogP contribution in [0.3, 0.4) is 0 Å². The molecule has 0 aliphatic heterocycles. The number of rotatable bonds is 3. The predicted octanol–water partition coefficient (Wildman–Crippen LogP) is 3.25. The third-order valence-electron chi connectivity index (χ3n) is 2.17. The zero-order valence-electron chi connectivity index (χ0n) is 9.15. The fourth-order valence-electron chi connectivity index (χ4n) is 1.41. The molecule has 0 saturated heterocycles. The third kappa shape index (κ3) is 3.15. The molecule has 1 aromatic heterocycles. The van der Waals surface area contributed by atoms with E-state index in [2.05, 4.69) is 10.3 Å². The lowest BCUT2D eigenvalue weighted by molar-refractivity contribution is 0.628. The van der Waals surface area contributed by atoms with Crippen molar-refractivity contribution in [1.82, 2.24) is 4.98 Å². The Balaban J connectivity index is 2.20. The summed E-state index contributed by atoms with van der Waals surface area (Å²) in [7, 11) is 0. The van der Waals surface area contributed by atoms with E-state index in [9.17, 15) is 4.39 Å². The van der Waals surface area contributed by atoms with E-state index in [4.69, 9.17) is 29.6 Å². The molecule has 6 heteroatoms. The van der Waals surface area contributed by atoms with Crippen LogP contribution in [0.2, 0.25) is 5.02 Å². The summed E-state index contributed by atoms with van der Waals surface area (Å²) < 4.78 is 13.1. The maximum Gasteiger partial charge on any atom is 0.126 e. The van der Waals surface area contributed by atoms with Crippen molar-refractivity contribution in [2.24, 2.45) is 5.73 Å². The van der Waals surface area contributed by atoms with Gasteiger partial charge >= 0.3 is 0 Å². The Kier molecular flexibility index (Phi) is 3.74. The summed E-state index contributed by atoms with van der Waals surface area (Å²) in [4.78, 5) is 4.30. The van der Waals surface area contributed by atoms with E-state index in [0.717, 1.165) is 0 Å². The van der Waals surface area contributed by atoms with Gasteiger partial charge in [0.05, 0.1) is 17.6 Å². The van der Waals surface area contributed by atoms with Crippen LogP contribution in [0.5, 0.6) is 0 Å². The standard InChI is InChI=1S/C12H9ClFN3S/c13-7-3-8(14)5-10(4-7)17-9-1-2-11(12(15)18)16-6-9/h1-6,17H,(H2,15,18). The van der Waals surface area contributed by atoms with Crippen molar-refractivity contribution in [2.45, 2.75) is 0 Å². The van der Waals surface area contributed by atoms with Gasteiger partial charge in [-0.3, -0.25) is 4.98 Å². The summed E-state index contributed by atoms with van der Waals surface area (Å²) in [6.07, 6.45) is 1.56. The molecule has 0 unspecified atom stereocenters. The minimum absolute atomic E-state index is 0.232. The second-order valence-electron chi connectivity index (χ2n) is 3.58. The van der Waals surface area contributed by atoms with Crippen LogP contribution >= 0.6 is 23.8 Å². The highest BCUT2D eigenvalue weighted by atomic mass is 35.5. The van der Waals surface area contributed by atoms with Crippen molar-refractivity contribution in [3.63, 3.8) is 0 Å². The van der Waals surface area contributed by atoms with Gasteiger partial charge in [-0.15, -0.1) is 0 Å². The molecule has 1 heterocycles. The van der Waals surface area contributed by atoms with Gasteiger partial charge in [0.25, 0.3) is 0 Å². The largest absolute Gasteiger partial charge is 0.388 e. The van der Waals surface area contributed by atoms with Crippen molar-refractivity contribution in [3.8, 4) is 0 Å². The van der Waals surface area contributed by atoms with Crippen LogP contribution in [0.25, 0.3) is 0 Å². The second-order valence-corrected chi connectivity index (χ2v) is 4.46. The quantitative estimate of drug-likeness (QED) is 0.848. The van der Waals surface area contributed by atoms with Gasteiger partial charge in [0.15, 0.2) is 0 Å². The van der Waals surface area contributed by atoms with Crippen molar-refractivity contribution in [2.75, 3.05) is 5.32 Å². The highest BCUT2D eigenvalue weighted by Crippen LogP contribution is 2.21. The Morgan fingerprint density at radius 3 is 2.61 bits per heavy atom. The van der Waals surface area contributed by atoms with E-state index >= 15 is 0 Å². The average molecular weight is 282 g/mol. The molecule has 0 aliphatic carbocycles. The topological polar surface area (TPSA) is 50.9 Å². The van der Waals surface area contributed by atoms with E-state index in [-0.39, 0.29) is 4.99 Å². The van der Waals surface area contributed by atoms with Crippen LogP contribution in [0.1, 0.15) is 5.69 Å². The molecule has 0 amide bonds. The molecule has 92 valence electrons. The van der Waals surface area contributed by atoms with Crippen molar-refractivity contribution >= 4 is 40.2 Å². The molecule has 2 rings (SSSR count). The van der Waals surface area contributed by atoms with E-state index in [1.54, 1.807) is 24.4 Å². The molecule has 0 atom stereocenters. The smallest absolute Gasteiger partial charge is 0.126 e. The SMILES string of the molecule is NC(=S)c1ccc(Nc2cc(F)cc(Cl)c2)cn1. The summed E-state index contributed by atoms with van der Waals surface area (Å²) in [5, 5.41) is 3.30. The number of aromatic nitrogens is 1. The summed E-state index contributed by atoms with van der Waals surface area (Å²) in [5.74, 6) is -0.405. The summed E-state index contributed by atoms with van der Waals surface area (Å²) in [5.41, 5.74) is 7.21. The minimum atomic E-state index is -0.405. The first-order chi connectivity index (χ1) is 8.54. The van der Waals surface area contributed by atoms with Crippen molar-refractivity contribution in [1.29, 1.82) is 0 Å². The molecule has 0 bridgehead atoms. The molecule has 0 fully saturated rings. The Hall–Kier alpha value is -1.72. The van der Waals surface area contributed by atoms with E-state index in [1.165, 1.54) is 12.1 Å². The number of nitrogens with zero attached hydrogens (tertiary/aromatic N) is 1. The predicted molar refractivity (Wildman–Crippen MR) is 74.8 cm³/mol. The second kappa shape index (κ2) is 5.29. The highest BCUT2D eigenvalue weighted by Gasteiger charge is 2.01. The molecule has 0 saturated carbocycles. The molecule has 0 aliphatic rings. The number of anilines is 2. The number of hydrogen-bond donors (Lipinski definition) is 2. The number of pyridine rings is 1. The monoisotopic (exact) mass is 281 g/mol. The van der Waals surface area contributed by atoms with Gasteiger partial charge in [0.1, 0.15) is 10.8 Å². The van der Waals surface area contributed by atoms with Gasteiger partial charge in [0.2, 0.25) is 0 Å². The molecule has 3 nitrogen and oxygen atoms in total. The zero-order valence-corrected chi connectivity index (χ0v) is 10.7. The summed E-state index contributed by atoms with van der Waals surface area (Å²) in [6.45, 7) is 0. The number of thiocarbonyl (C=S) groups is 1. The Morgan fingerprint density at radius 1 is 1.28 bits per heavy atom. The first-order valence-corrected chi connectivity index (χ1v) is 5.82. The van der Waals surface area contributed by atoms with Crippen LogP contribution < -0.4 is 11.1 Å². The number of nitrogens with two attached hydrogens (primary N) is 1. The first kappa shape index (κ1) is 12.7. The molecule has 2 aromatic rings. The van der Waals surface area contributed by atoms with Gasteiger partial charge < -0.3 is 11.1 Å². The highest BCUT2D eigenvalue weighted by molar-refractivity contribution is 7.80. The fourth-order valence-corrected chi connectivity index (χ4v) is 1.75. The maximum atomic E-state index is 13.1. The van der Waals surface area contributed by atoms with Gasteiger partial charge in [-0.25, -0.2) is 4.39 Å². The first-order valence-electron chi connectivity index (χ1n) is 5.03. The molecule has 1 aromatic carbocycles. The molecule has 18 heavy (non-hydrogen) atoms. The molecule has 0 radical (unpaired) electrons. The summed E-state index contributed by atoms with van der Waals surface area (Å²) in [6, 6.07) is 7.63. The lowest BCUT2D eigenvalue weighted by Gasteiger charge is -2.07. The number of benzene rings is 1. The molecule has 3 N–H and O–H groups in total. The van der Waals surface area contributed by atoms with E-state index in [0.29, 0.717) is 22.1 Å². The van der Waals surface area contributed by atoms with Crippen LogP contribution in [0, 0.1) is 5.82 Å². The van der Waals surface area contributed by atoms with Gasteiger partial charge in [-0.1, -0.05) is 23.8 Å². The van der Waals surface area contributed by atoms with Crippen molar-refractivity contribution in [3.05, 3.63) is 53.1 Å². The van der Waals surface area contributed by atoms with E-state index < -0.39 is 5.82 Å². The molecule has 0 spiro atoms. The lowest BCUT2D eigenvalue weighted by Crippen LogP contribution is -2.11. The van der Waals surface area contributed by atoms with Crippen LogP contribution in [0.15, 0.2) is 36.5 Å². The van der Waals surface area contributed by atoms with Gasteiger partial charge in [-0.2, -0.15) is 0 Å². The zero-order chi connectivity index (χ0) is 13.1. The normalized spacial score (nSPS) is 10.1. The van der Waals surface area contributed by atoms with Crippen LogP contribution in [-0.2, 0) is 0 Å². The van der Waals surface area contributed by atoms with E-state index in [1.807, 2.05) is 0 Å². The third-order valence-corrected chi connectivity index (χ3v) is 2.59. The summed E-state index contributed by atoms with van der Waals surface area (Å²) >= 11 is 10.6. The Bertz CT molecular complexity index is 566. The molecular formula is C12H9ClFN3S. The van der Waals surface area contributed by atoms with Crippen LogP contribution in [0.4, 0.5) is 15.8 Å². The number of halogens is 2. The number of nitrogens with one attached hydrogen (secondary N) is 1. The Morgan fingerprint density at radius 2 is 2.06 bits per heavy atom. The minimum Gasteiger partial charge on any atom is -0.388 e. The van der Waals surface area contributed by atoms with Gasteiger partial charge in [-0.05, 0) is 30.3 Å². The maximum absolute atomic E-state index is 13.1. The van der Waals surface area contributed by atoms with Crippen molar-refractivity contribution < 1.29 is 4.39 Å². The lowest BCUT2D eigenvalue weighted by atomic mass is 10.3. The van der Waals surface area contributed by atoms with Gasteiger partial charge in [0, 0.05) is 10.7 Å². The number of hydrogen-bond acceptors (Lipinski definition) is 3. The molecular weight excluding hydrogens is 273 g/mol. The fraction of sp³-hybridized carbons (Fsp3) is 0. The Labute approximate surface area is 114 Å². The average Bonchev–Trinajstić information content (AvgIpc) is 2.28. The van der Waals surface area contributed by atoms with Crippen LogP contribution in [-0.4, -0.2) is 9.97 Å².